The van der Waals surface area contributed by atoms with Gasteiger partial charge in [0.2, 0.25) is 0 Å². The minimum Gasteiger partial charge on any atom is -0.354 e. The summed E-state index contributed by atoms with van der Waals surface area (Å²) in [6.45, 7) is 9.89. The first kappa shape index (κ1) is 12.3. The predicted molar refractivity (Wildman–Crippen MR) is 65.9 cm³/mol. The molecule has 0 saturated carbocycles. The topological polar surface area (TPSA) is 17.0 Å². The predicted octanol–water partition coefficient (Wildman–Crippen LogP) is 3.03. The van der Waals surface area contributed by atoms with Crippen molar-refractivity contribution in [1.29, 1.82) is 0 Å². The third-order valence-corrected chi connectivity index (χ3v) is 3.01. The van der Waals surface area contributed by atoms with Crippen molar-refractivity contribution in [3.63, 3.8) is 0 Å². The second kappa shape index (κ2) is 6.67. The molecule has 0 aromatic carbocycles. The van der Waals surface area contributed by atoms with Crippen LogP contribution in [0.5, 0.6) is 0 Å². The molecule has 0 bridgehead atoms. The van der Waals surface area contributed by atoms with E-state index in [1.807, 2.05) is 0 Å². The first-order valence-corrected chi connectivity index (χ1v) is 6.15. The number of nitrogens with one attached hydrogen (secondary N) is 1. The molecule has 1 N–H and O–H groups in total. The van der Waals surface area contributed by atoms with Gasteiger partial charge >= 0.3 is 0 Å². The molecule has 1 aromatic rings. The first-order chi connectivity index (χ1) is 7.30. The Balaban J connectivity index is 2.44. The van der Waals surface area contributed by atoms with Crippen LogP contribution in [0.4, 0.5) is 0 Å². The van der Waals surface area contributed by atoms with Crippen molar-refractivity contribution in [1.82, 2.24) is 9.88 Å². The Labute approximate surface area is 93.7 Å². The van der Waals surface area contributed by atoms with Crippen LogP contribution in [-0.4, -0.2) is 11.1 Å². The van der Waals surface area contributed by atoms with Crippen LogP contribution < -0.4 is 5.32 Å². The van der Waals surface area contributed by atoms with Gasteiger partial charge in [0.25, 0.3) is 0 Å². The highest BCUT2D eigenvalue weighted by Crippen LogP contribution is 2.12. The summed E-state index contributed by atoms with van der Waals surface area (Å²) in [7, 11) is 0. The van der Waals surface area contributed by atoms with Crippen LogP contribution in [0.1, 0.15) is 39.2 Å². The molecule has 2 heteroatoms. The lowest BCUT2D eigenvalue weighted by Crippen LogP contribution is -2.11. The highest BCUT2D eigenvalue weighted by atomic mass is 14.9. The van der Waals surface area contributed by atoms with E-state index in [-0.39, 0.29) is 0 Å². The van der Waals surface area contributed by atoms with E-state index < -0.39 is 0 Å². The number of rotatable bonds is 7. The van der Waals surface area contributed by atoms with Crippen LogP contribution in [0.25, 0.3) is 0 Å². The summed E-state index contributed by atoms with van der Waals surface area (Å²) in [6, 6.07) is 2.21. The zero-order valence-electron chi connectivity index (χ0n) is 10.3. The number of aromatic nitrogens is 1. The van der Waals surface area contributed by atoms with Gasteiger partial charge in [0, 0.05) is 25.5 Å². The summed E-state index contributed by atoms with van der Waals surface area (Å²) in [5.74, 6) is 0.824. The molecule has 0 spiro atoms. The maximum absolute atomic E-state index is 3.35. The van der Waals surface area contributed by atoms with Crippen LogP contribution >= 0.6 is 0 Å². The van der Waals surface area contributed by atoms with E-state index in [9.17, 15) is 0 Å². The quantitative estimate of drug-likeness (QED) is 0.729. The zero-order chi connectivity index (χ0) is 11.1. The van der Waals surface area contributed by atoms with Crippen LogP contribution in [-0.2, 0) is 13.1 Å². The third kappa shape index (κ3) is 4.08. The summed E-state index contributed by atoms with van der Waals surface area (Å²) in [5.41, 5.74) is 1.39. The molecule has 2 nitrogen and oxygen atoms in total. The average molecular weight is 208 g/mol. The second-order valence-corrected chi connectivity index (χ2v) is 4.18. The normalized spacial score (nSPS) is 11.2. The molecule has 0 aliphatic carbocycles. The van der Waals surface area contributed by atoms with Gasteiger partial charge in [-0.05, 0) is 24.1 Å². The van der Waals surface area contributed by atoms with Crippen molar-refractivity contribution >= 4 is 0 Å². The fraction of sp³-hybridized carbons (Fsp3) is 0.692. The van der Waals surface area contributed by atoms with Crippen molar-refractivity contribution < 1.29 is 0 Å². The molecule has 1 heterocycles. The van der Waals surface area contributed by atoms with Gasteiger partial charge in [-0.1, -0.05) is 33.6 Å². The summed E-state index contributed by atoms with van der Waals surface area (Å²) in [6.07, 6.45) is 7.01. The molecule has 0 aliphatic heterocycles. The molecular weight excluding hydrogens is 184 g/mol. The average Bonchev–Trinajstić information content (AvgIpc) is 2.70. The van der Waals surface area contributed by atoms with Crippen LogP contribution in [0.2, 0.25) is 0 Å². The van der Waals surface area contributed by atoms with E-state index in [2.05, 4.69) is 49.1 Å². The van der Waals surface area contributed by atoms with E-state index in [0.717, 1.165) is 19.0 Å². The first-order valence-electron chi connectivity index (χ1n) is 6.15. The number of hydrogen-bond acceptors (Lipinski definition) is 1. The van der Waals surface area contributed by atoms with E-state index in [4.69, 9.17) is 0 Å². The molecule has 1 rings (SSSR count). The smallest absolute Gasteiger partial charge is 0.0247 e. The van der Waals surface area contributed by atoms with Crippen LogP contribution in [0, 0.1) is 5.92 Å². The third-order valence-electron chi connectivity index (χ3n) is 3.01. The van der Waals surface area contributed by atoms with Gasteiger partial charge in [0.1, 0.15) is 0 Å². The Kier molecular flexibility index (Phi) is 5.48. The van der Waals surface area contributed by atoms with Gasteiger partial charge in [0.15, 0.2) is 0 Å². The van der Waals surface area contributed by atoms with Crippen LogP contribution in [0.15, 0.2) is 18.5 Å². The lowest BCUT2D eigenvalue weighted by Gasteiger charge is -2.12. The minimum atomic E-state index is 0.824. The summed E-state index contributed by atoms with van der Waals surface area (Å²) < 4.78 is 2.32. The Hall–Kier alpha value is -0.760. The van der Waals surface area contributed by atoms with Gasteiger partial charge in [-0.25, -0.2) is 0 Å². The Morgan fingerprint density at radius 2 is 2.00 bits per heavy atom. The van der Waals surface area contributed by atoms with Gasteiger partial charge in [0.05, 0.1) is 0 Å². The highest BCUT2D eigenvalue weighted by molar-refractivity contribution is 5.09. The molecular formula is C13H24N2. The summed E-state index contributed by atoms with van der Waals surface area (Å²) >= 11 is 0. The molecule has 86 valence electrons. The minimum absolute atomic E-state index is 0.824. The van der Waals surface area contributed by atoms with Crippen molar-refractivity contribution in [3.05, 3.63) is 24.0 Å². The van der Waals surface area contributed by atoms with Crippen molar-refractivity contribution in [2.24, 2.45) is 5.92 Å². The molecule has 0 radical (unpaired) electrons. The van der Waals surface area contributed by atoms with E-state index >= 15 is 0 Å². The molecule has 0 aliphatic rings. The monoisotopic (exact) mass is 208 g/mol. The zero-order valence-corrected chi connectivity index (χ0v) is 10.3. The summed E-state index contributed by atoms with van der Waals surface area (Å²) in [5, 5.41) is 3.35. The maximum Gasteiger partial charge on any atom is 0.0247 e. The van der Waals surface area contributed by atoms with Crippen molar-refractivity contribution in [3.8, 4) is 0 Å². The van der Waals surface area contributed by atoms with E-state index in [1.165, 1.54) is 24.9 Å². The van der Waals surface area contributed by atoms with Gasteiger partial charge < -0.3 is 9.88 Å². The van der Waals surface area contributed by atoms with E-state index in [1.54, 1.807) is 0 Å². The number of nitrogens with zero attached hydrogens (tertiary/aromatic N) is 1. The lowest BCUT2D eigenvalue weighted by atomic mass is 10.0. The molecule has 0 unspecified atom stereocenters. The largest absolute Gasteiger partial charge is 0.354 e. The highest BCUT2D eigenvalue weighted by Gasteiger charge is 2.04. The Morgan fingerprint density at radius 1 is 1.27 bits per heavy atom. The van der Waals surface area contributed by atoms with Gasteiger partial charge in [-0.2, -0.15) is 0 Å². The second-order valence-electron chi connectivity index (χ2n) is 4.18. The lowest BCUT2D eigenvalue weighted by molar-refractivity contribution is 0.419. The summed E-state index contributed by atoms with van der Waals surface area (Å²) in [4.78, 5) is 0. The van der Waals surface area contributed by atoms with Gasteiger partial charge in [-0.3, -0.25) is 0 Å². The fourth-order valence-corrected chi connectivity index (χ4v) is 1.82. The molecule has 0 atom stereocenters. The van der Waals surface area contributed by atoms with E-state index in [0.29, 0.717) is 0 Å². The molecule has 15 heavy (non-hydrogen) atoms. The SMILES string of the molecule is CCNCc1ccn(CC(CC)CC)c1. The molecule has 0 amide bonds. The maximum atomic E-state index is 3.35. The molecule has 0 saturated heterocycles. The van der Waals surface area contributed by atoms with Gasteiger partial charge in [-0.15, -0.1) is 0 Å². The Bertz CT molecular complexity index is 261. The van der Waals surface area contributed by atoms with Crippen molar-refractivity contribution in [2.75, 3.05) is 6.54 Å². The van der Waals surface area contributed by atoms with Crippen molar-refractivity contribution in [2.45, 2.75) is 46.7 Å². The van der Waals surface area contributed by atoms with Crippen LogP contribution in [0.3, 0.4) is 0 Å². The fourth-order valence-electron chi connectivity index (χ4n) is 1.82. The Morgan fingerprint density at radius 3 is 2.60 bits per heavy atom. The molecule has 1 aromatic heterocycles. The number of hydrogen-bond donors (Lipinski definition) is 1. The standard InChI is InChI=1S/C13H24N2/c1-4-12(5-2)10-15-8-7-13(11-15)9-14-6-3/h7-8,11-12,14H,4-6,9-10H2,1-3H3. The molecule has 0 fully saturated rings.